The van der Waals surface area contributed by atoms with E-state index < -0.39 is 4.92 Å². The molecule has 0 bridgehead atoms. The maximum atomic E-state index is 13.4. The highest BCUT2D eigenvalue weighted by Gasteiger charge is 2.31. The van der Waals surface area contributed by atoms with Crippen molar-refractivity contribution in [2.24, 2.45) is 5.10 Å². The summed E-state index contributed by atoms with van der Waals surface area (Å²) in [6.07, 6.45) is 1.82. The Morgan fingerprint density at radius 2 is 1.59 bits per heavy atom. The zero-order valence-corrected chi connectivity index (χ0v) is 21.0. The molecule has 0 aliphatic carbocycles. The Hall–Kier alpha value is -4.56. The molecule has 37 heavy (non-hydrogen) atoms. The fourth-order valence-corrected chi connectivity index (χ4v) is 4.37. The molecular formula is C29H20BrN3O4. The van der Waals surface area contributed by atoms with E-state index in [0.29, 0.717) is 27.2 Å². The third-order valence-corrected chi connectivity index (χ3v) is 6.35. The number of para-hydroxylation sites is 1. The first-order valence-corrected chi connectivity index (χ1v) is 12.2. The van der Waals surface area contributed by atoms with Crippen molar-refractivity contribution in [1.82, 2.24) is 0 Å². The monoisotopic (exact) mass is 553 g/mol. The van der Waals surface area contributed by atoms with Gasteiger partial charge in [0.25, 0.3) is 11.6 Å². The number of nitro benzene ring substituents is 1. The van der Waals surface area contributed by atoms with Gasteiger partial charge < -0.3 is 4.74 Å². The number of amides is 1. The first-order valence-electron chi connectivity index (χ1n) is 11.4. The fraction of sp³-hybridized carbons (Fsp3) is 0.0345. The van der Waals surface area contributed by atoms with Gasteiger partial charge in [0.2, 0.25) is 0 Å². The molecule has 0 saturated carbocycles. The van der Waals surface area contributed by atoms with Crippen LogP contribution in [0.3, 0.4) is 0 Å². The SMILES string of the molecule is O=C1/C(=C\c2ccc(OCc3ccc([N+](=O)[O-])cc3)c(Br)c2)C(c2ccccc2)=NN1c1ccccc1. The van der Waals surface area contributed by atoms with Crippen LogP contribution in [0.5, 0.6) is 5.75 Å². The smallest absolute Gasteiger partial charge is 0.281 e. The number of hydrazone groups is 1. The van der Waals surface area contributed by atoms with Crippen molar-refractivity contribution in [1.29, 1.82) is 0 Å². The van der Waals surface area contributed by atoms with Crippen molar-refractivity contribution in [3.63, 3.8) is 0 Å². The standard InChI is InChI=1S/C29H20BrN3O4/c30-26-18-21(13-16-27(26)37-19-20-11-14-24(15-12-20)33(35)36)17-25-28(22-7-3-1-4-8-22)31-32(29(25)34)23-9-5-2-6-10-23/h1-18H,19H2/b25-17-. The second kappa shape index (κ2) is 10.6. The highest BCUT2D eigenvalue weighted by Crippen LogP contribution is 2.31. The topological polar surface area (TPSA) is 85.0 Å². The normalized spacial score (nSPS) is 14.1. The molecule has 7 nitrogen and oxygen atoms in total. The van der Waals surface area contributed by atoms with Gasteiger partial charge in [-0.15, -0.1) is 0 Å². The van der Waals surface area contributed by atoms with E-state index in [9.17, 15) is 14.9 Å². The quantitative estimate of drug-likeness (QED) is 0.143. The van der Waals surface area contributed by atoms with Gasteiger partial charge in [-0.3, -0.25) is 14.9 Å². The lowest BCUT2D eigenvalue weighted by Gasteiger charge is -2.11. The van der Waals surface area contributed by atoms with Crippen molar-refractivity contribution < 1.29 is 14.5 Å². The van der Waals surface area contributed by atoms with Crippen LogP contribution < -0.4 is 9.75 Å². The summed E-state index contributed by atoms with van der Waals surface area (Å²) in [6.45, 7) is 0.256. The van der Waals surface area contributed by atoms with Crippen LogP contribution in [-0.4, -0.2) is 16.5 Å². The molecule has 0 saturated heterocycles. The molecular weight excluding hydrogens is 534 g/mol. The molecule has 1 aliphatic rings. The molecule has 4 aromatic carbocycles. The van der Waals surface area contributed by atoms with Crippen molar-refractivity contribution in [3.8, 4) is 5.75 Å². The lowest BCUT2D eigenvalue weighted by molar-refractivity contribution is -0.384. The summed E-state index contributed by atoms with van der Waals surface area (Å²) in [5.74, 6) is 0.404. The highest BCUT2D eigenvalue weighted by atomic mass is 79.9. The van der Waals surface area contributed by atoms with Gasteiger partial charge in [-0.2, -0.15) is 10.1 Å². The number of anilines is 1. The molecule has 0 spiro atoms. The van der Waals surface area contributed by atoms with Gasteiger partial charge in [-0.1, -0.05) is 54.6 Å². The van der Waals surface area contributed by atoms with Crippen LogP contribution >= 0.6 is 15.9 Å². The number of nitro groups is 1. The van der Waals surface area contributed by atoms with Gasteiger partial charge in [0, 0.05) is 17.7 Å². The van der Waals surface area contributed by atoms with Crippen LogP contribution in [-0.2, 0) is 11.4 Å². The van der Waals surface area contributed by atoms with E-state index in [2.05, 4.69) is 21.0 Å². The molecule has 5 rings (SSSR count). The number of non-ortho nitro benzene ring substituents is 1. The molecule has 1 heterocycles. The van der Waals surface area contributed by atoms with Gasteiger partial charge in [-0.05, 0) is 69.5 Å². The molecule has 8 heteroatoms. The number of hydrogen-bond acceptors (Lipinski definition) is 5. The summed E-state index contributed by atoms with van der Waals surface area (Å²) in [7, 11) is 0. The van der Waals surface area contributed by atoms with Gasteiger partial charge >= 0.3 is 0 Å². The van der Waals surface area contributed by atoms with Gasteiger partial charge in [0.1, 0.15) is 18.1 Å². The van der Waals surface area contributed by atoms with Crippen LogP contribution in [0.1, 0.15) is 16.7 Å². The van der Waals surface area contributed by atoms with E-state index in [1.165, 1.54) is 17.1 Å². The summed E-state index contributed by atoms with van der Waals surface area (Å²) in [5.41, 5.74) is 4.28. The zero-order chi connectivity index (χ0) is 25.8. The third kappa shape index (κ3) is 5.34. The van der Waals surface area contributed by atoms with E-state index in [4.69, 9.17) is 4.74 Å². The van der Waals surface area contributed by atoms with Crippen LogP contribution in [0.4, 0.5) is 11.4 Å². The van der Waals surface area contributed by atoms with Crippen molar-refractivity contribution >= 4 is 45.0 Å². The zero-order valence-electron chi connectivity index (χ0n) is 19.5. The minimum Gasteiger partial charge on any atom is -0.488 e. The molecule has 182 valence electrons. The Kier molecular flexibility index (Phi) is 6.91. The second-order valence-corrected chi connectivity index (χ2v) is 9.08. The number of ether oxygens (including phenoxy) is 1. The second-order valence-electron chi connectivity index (χ2n) is 8.23. The van der Waals surface area contributed by atoms with Crippen LogP contribution in [0.25, 0.3) is 6.08 Å². The summed E-state index contributed by atoms with van der Waals surface area (Å²) in [5, 5.41) is 16.9. The number of halogens is 1. The molecule has 0 aromatic heterocycles. The Balaban J connectivity index is 1.40. The Morgan fingerprint density at radius 3 is 2.24 bits per heavy atom. The molecule has 1 aliphatic heterocycles. The minimum absolute atomic E-state index is 0.0352. The van der Waals surface area contributed by atoms with Crippen molar-refractivity contribution in [3.05, 3.63) is 140 Å². The molecule has 0 atom stereocenters. The van der Waals surface area contributed by atoms with E-state index in [-0.39, 0.29) is 18.2 Å². The summed E-state index contributed by atoms with van der Waals surface area (Å²) in [4.78, 5) is 23.8. The Morgan fingerprint density at radius 1 is 0.919 bits per heavy atom. The molecule has 0 fully saturated rings. The Labute approximate surface area is 221 Å². The average molecular weight is 554 g/mol. The Bertz CT molecular complexity index is 1520. The average Bonchev–Trinajstić information content (AvgIpc) is 3.25. The number of carbonyl (C=O) groups excluding carboxylic acids is 1. The summed E-state index contributed by atoms with van der Waals surface area (Å²) < 4.78 is 6.61. The molecule has 0 N–H and O–H groups in total. The predicted octanol–water partition coefficient (Wildman–Crippen LogP) is 6.77. The van der Waals surface area contributed by atoms with Gasteiger partial charge in [0.05, 0.1) is 20.7 Å². The van der Waals surface area contributed by atoms with E-state index in [1.54, 1.807) is 12.1 Å². The molecule has 0 radical (unpaired) electrons. The number of benzene rings is 4. The van der Waals surface area contributed by atoms with E-state index >= 15 is 0 Å². The maximum absolute atomic E-state index is 13.4. The van der Waals surface area contributed by atoms with Crippen LogP contribution in [0.2, 0.25) is 0 Å². The molecule has 1 amide bonds. The number of nitrogens with zero attached hydrogens (tertiary/aromatic N) is 3. The summed E-state index contributed by atoms with van der Waals surface area (Å²) in [6, 6.07) is 30.7. The highest BCUT2D eigenvalue weighted by molar-refractivity contribution is 9.10. The lowest BCUT2D eigenvalue weighted by atomic mass is 10.0. The number of hydrogen-bond donors (Lipinski definition) is 0. The van der Waals surface area contributed by atoms with E-state index in [1.807, 2.05) is 84.9 Å². The van der Waals surface area contributed by atoms with Crippen LogP contribution in [0, 0.1) is 10.1 Å². The molecule has 0 unspecified atom stereocenters. The lowest BCUT2D eigenvalue weighted by Crippen LogP contribution is -2.21. The minimum atomic E-state index is -0.434. The van der Waals surface area contributed by atoms with Gasteiger partial charge in [-0.25, -0.2) is 0 Å². The van der Waals surface area contributed by atoms with Gasteiger partial charge in [0.15, 0.2) is 0 Å². The maximum Gasteiger partial charge on any atom is 0.281 e. The van der Waals surface area contributed by atoms with Crippen molar-refractivity contribution in [2.75, 3.05) is 5.01 Å². The first-order chi connectivity index (χ1) is 18.0. The summed E-state index contributed by atoms with van der Waals surface area (Å²) >= 11 is 3.56. The first kappa shape index (κ1) is 24.1. The van der Waals surface area contributed by atoms with E-state index in [0.717, 1.165) is 16.7 Å². The largest absolute Gasteiger partial charge is 0.488 e. The van der Waals surface area contributed by atoms with Crippen molar-refractivity contribution in [2.45, 2.75) is 6.61 Å². The van der Waals surface area contributed by atoms with Crippen LogP contribution in [0.15, 0.2) is 118 Å². The predicted molar refractivity (Wildman–Crippen MR) is 146 cm³/mol. The number of rotatable bonds is 7. The fourth-order valence-electron chi connectivity index (χ4n) is 3.86. The molecule has 4 aromatic rings. The number of carbonyl (C=O) groups is 1. The third-order valence-electron chi connectivity index (χ3n) is 5.73.